The minimum absolute atomic E-state index is 0.0434. The zero-order chi connectivity index (χ0) is 11.1. The van der Waals surface area contributed by atoms with Crippen LogP contribution in [0.25, 0.3) is 0 Å². The third kappa shape index (κ3) is 7.69. The zero-order valence-corrected chi connectivity index (χ0v) is 8.80. The van der Waals surface area contributed by atoms with Crippen molar-refractivity contribution in [1.29, 1.82) is 0 Å². The summed E-state index contributed by atoms with van der Waals surface area (Å²) in [6.45, 7) is 1.79. The monoisotopic (exact) mass is 221 g/mol. The van der Waals surface area contributed by atoms with Crippen LogP contribution < -0.4 is 16.8 Å². The van der Waals surface area contributed by atoms with Crippen LogP contribution in [0.2, 0.25) is 0 Å². The normalized spacial score (nSPS) is 14.4. The average Bonchev–Trinajstić information content (AvgIpc) is 1.98. The third-order valence-electron chi connectivity index (χ3n) is 1.36. The molecule has 5 N–H and O–H groups in total. The molecule has 2 atom stereocenters. The van der Waals surface area contributed by atoms with Crippen molar-refractivity contribution in [3.63, 3.8) is 0 Å². The van der Waals surface area contributed by atoms with E-state index in [1.165, 1.54) is 0 Å². The van der Waals surface area contributed by atoms with Gasteiger partial charge in [-0.25, -0.2) is 4.79 Å². The lowest BCUT2D eigenvalue weighted by atomic mass is 10.3. The highest BCUT2D eigenvalue weighted by atomic mass is 32.2. The number of amides is 3. The molecule has 0 bridgehead atoms. The minimum Gasteiger partial charge on any atom is -0.351 e. The molecule has 0 aromatic heterocycles. The minimum atomic E-state index is -1.29. The van der Waals surface area contributed by atoms with Crippen LogP contribution in [0.15, 0.2) is 0 Å². The van der Waals surface area contributed by atoms with Gasteiger partial charge in [0.1, 0.15) is 5.75 Å². The van der Waals surface area contributed by atoms with Gasteiger partial charge in [0.15, 0.2) is 0 Å². The molecule has 0 heterocycles. The summed E-state index contributed by atoms with van der Waals surface area (Å²) in [7, 11) is -1.29. The van der Waals surface area contributed by atoms with Crippen molar-refractivity contribution in [2.45, 2.75) is 19.4 Å². The van der Waals surface area contributed by atoms with E-state index in [2.05, 4.69) is 0 Å². The van der Waals surface area contributed by atoms with Crippen molar-refractivity contribution in [2.75, 3.05) is 11.5 Å². The van der Waals surface area contributed by atoms with Gasteiger partial charge in [0, 0.05) is 22.6 Å². The summed E-state index contributed by atoms with van der Waals surface area (Å²) in [6.07, 6.45) is 0.580. The number of nitrogens with two attached hydrogens (primary N) is 2. The molecule has 0 aliphatic rings. The fourth-order valence-electron chi connectivity index (χ4n) is 0.709. The molecular formula is C7H15N3O3S. The predicted octanol–water partition coefficient (Wildman–Crippen LogP) is -1.33. The summed E-state index contributed by atoms with van der Waals surface area (Å²) in [5, 5.41) is 1.84. The molecule has 0 spiro atoms. The van der Waals surface area contributed by atoms with E-state index in [1.807, 2.05) is 5.32 Å². The summed E-state index contributed by atoms with van der Waals surface area (Å²) in [5.41, 5.74) is 10.1. The van der Waals surface area contributed by atoms with E-state index < -0.39 is 22.7 Å². The SMILES string of the molecule is CC(N)CCS(=O)CC(=O)NC(N)=O. The molecule has 0 saturated heterocycles. The van der Waals surface area contributed by atoms with E-state index in [-0.39, 0.29) is 11.8 Å². The molecule has 14 heavy (non-hydrogen) atoms. The van der Waals surface area contributed by atoms with Crippen molar-refractivity contribution in [3.8, 4) is 0 Å². The van der Waals surface area contributed by atoms with Gasteiger partial charge in [-0.1, -0.05) is 0 Å². The Balaban J connectivity index is 3.72. The molecule has 0 fully saturated rings. The third-order valence-corrected chi connectivity index (χ3v) is 2.63. The van der Waals surface area contributed by atoms with Crippen LogP contribution in [0.4, 0.5) is 4.79 Å². The number of nitrogens with one attached hydrogen (secondary N) is 1. The molecule has 82 valence electrons. The number of hydrogen-bond donors (Lipinski definition) is 3. The zero-order valence-electron chi connectivity index (χ0n) is 7.99. The first kappa shape index (κ1) is 13.1. The molecule has 3 amide bonds. The highest BCUT2D eigenvalue weighted by molar-refractivity contribution is 7.85. The fraction of sp³-hybridized carbons (Fsp3) is 0.714. The lowest BCUT2D eigenvalue weighted by Gasteiger charge is -2.04. The van der Waals surface area contributed by atoms with Gasteiger partial charge in [-0.15, -0.1) is 0 Å². The van der Waals surface area contributed by atoms with E-state index in [4.69, 9.17) is 11.5 Å². The van der Waals surface area contributed by atoms with Gasteiger partial charge in [-0.3, -0.25) is 14.3 Å². The van der Waals surface area contributed by atoms with Crippen LogP contribution in [0.3, 0.4) is 0 Å². The number of hydrogen-bond acceptors (Lipinski definition) is 4. The van der Waals surface area contributed by atoms with E-state index >= 15 is 0 Å². The number of rotatable bonds is 5. The molecule has 0 saturated carbocycles. The van der Waals surface area contributed by atoms with Gasteiger partial charge in [0.2, 0.25) is 5.91 Å². The molecule has 0 rings (SSSR count). The quantitative estimate of drug-likeness (QED) is 0.533. The van der Waals surface area contributed by atoms with E-state index in [9.17, 15) is 13.8 Å². The fourth-order valence-corrected chi connectivity index (χ4v) is 1.85. The molecule has 6 nitrogen and oxygen atoms in total. The number of imide groups is 1. The van der Waals surface area contributed by atoms with Gasteiger partial charge in [-0.2, -0.15) is 0 Å². The maximum Gasteiger partial charge on any atom is 0.318 e. The topological polar surface area (TPSA) is 115 Å². The largest absolute Gasteiger partial charge is 0.351 e. The second kappa shape index (κ2) is 6.50. The van der Waals surface area contributed by atoms with Gasteiger partial charge in [0.05, 0.1) is 0 Å². The van der Waals surface area contributed by atoms with E-state index in [0.29, 0.717) is 12.2 Å². The molecule has 0 aliphatic heterocycles. The standard InChI is InChI=1S/C7H15N3O3S/c1-5(8)2-3-14(13)4-6(11)10-7(9)12/h5H,2-4,8H2,1H3,(H3,9,10,11,12). The predicted molar refractivity (Wildman–Crippen MR) is 53.9 cm³/mol. The van der Waals surface area contributed by atoms with Crippen molar-refractivity contribution < 1.29 is 13.8 Å². The average molecular weight is 221 g/mol. The highest BCUT2D eigenvalue weighted by Gasteiger charge is 2.09. The van der Waals surface area contributed by atoms with Crippen LogP contribution in [0.1, 0.15) is 13.3 Å². The second-order valence-electron chi connectivity index (χ2n) is 2.97. The first-order chi connectivity index (χ1) is 6.41. The Bertz CT molecular complexity index is 242. The Morgan fingerprint density at radius 1 is 1.50 bits per heavy atom. The van der Waals surface area contributed by atoms with Crippen LogP contribution in [-0.2, 0) is 15.6 Å². The smallest absolute Gasteiger partial charge is 0.318 e. The van der Waals surface area contributed by atoms with E-state index in [1.54, 1.807) is 6.92 Å². The Morgan fingerprint density at radius 3 is 2.50 bits per heavy atom. The van der Waals surface area contributed by atoms with Crippen LogP contribution in [0.5, 0.6) is 0 Å². The number of carbonyl (C=O) groups excluding carboxylic acids is 2. The molecule has 0 radical (unpaired) electrons. The summed E-state index contributed by atoms with van der Waals surface area (Å²) in [4.78, 5) is 21.1. The van der Waals surface area contributed by atoms with Crippen molar-refractivity contribution in [2.24, 2.45) is 11.5 Å². The second-order valence-corrected chi connectivity index (χ2v) is 4.54. The molecule has 0 aliphatic carbocycles. The maximum atomic E-state index is 11.2. The Morgan fingerprint density at radius 2 is 2.07 bits per heavy atom. The van der Waals surface area contributed by atoms with Gasteiger partial charge >= 0.3 is 6.03 Å². The van der Waals surface area contributed by atoms with Crippen LogP contribution in [-0.4, -0.2) is 33.7 Å². The van der Waals surface area contributed by atoms with Crippen LogP contribution in [0, 0.1) is 0 Å². The first-order valence-corrected chi connectivity index (χ1v) is 5.60. The van der Waals surface area contributed by atoms with Gasteiger partial charge < -0.3 is 11.5 Å². The molecule has 0 aromatic carbocycles. The van der Waals surface area contributed by atoms with Crippen LogP contribution >= 0.6 is 0 Å². The number of primary amides is 1. The molecule has 0 aromatic rings. The molecule has 2 unspecified atom stereocenters. The summed E-state index contributed by atoms with van der Waals surface area (Å²) >= 11 is 0. The highest BCUT2D eigenvalue weighted by Crippen LogP contribution is 1.91. The Kier molecular flexibility index (Phi) is 6.06. The summed E-state index contributed by atoms with van der Waals surface area (Å²) < 4.78 is 11.2. The summed E-state index contributed by atoms with van der Waals surface area (Å²) in [6, 6.07) is -0.975. The first-order valence-electron chi connectivity index (χ1n) is 4.11. The molecule has 7 heteroatoms. The van der Waals surface area contributed by atoms with Gasteiger partial charge in [-0.05, 0) is 13.3 Å². The lowest BCUT2D eigenvalue weighted by molar-refractivity contribution is -0.117. The van der Waals surface area contributed by atoms with Crippen molar-refractivity contribution >= 4 is 22.7 Å². The number of urea groups is 1. The van der Waals surface area contributed by atoms with Gasteiger partial charge in [0.25, 0.3) is 0 Å². The Hall–Kier alpha value is -0.950. The summed E-state index contributed by atoms with van der Waals surface area (Å²) in [5.74, 6) is -0.486. The van der Waals surface area contributed by atoms with E-state index in [0.717, 1.165) is 0 Å². The Labute approximate surface area is 84.9 Å². The molecular weight excluding hydrogens is 206 g/mol. The van der Waals surface area contributed by atoms with Crippen molar-refractivity contribution in [3.05, 3.63) is 0 Å². The van der Waals surface area contributed by atoms with Crippen molar-refractivity contribution in [1.82, 2.24) is 5.32 Å². The number of carbonyl (C=O) groups is 2. The lowest BCUT2D eigenvalue weighted by Crippen LogP contribution is -2.38. The maximum absolute atomic E-state index is 11.2.